The summed E-state index contributed by atoms with van der Waals surface area (Å²) < 4.78 is 22.6. The molecule has 0 bridgehead atoms. The Morgan fingerprint density at radius 1 is 0.636 bits per heavy atom. The van der Waals surface area contributed by atoms with Crippen LogP contribution in [0.4, 0.5) is 0 Å². The quantitative estimate of drug-likeness (QED) is 0.0604. The second kappa shape index (κ2) is 22.3. The SMILES string of the molecule is CCCCCCCC/C=C\CCCCCCCCCCCCOP(=O)(O)OCC[N+](C)(C)C. The lowest BCUT2D eigenvalue weighted by Gasteiger charge is -2.24. The zero-order chi connectivity index (χ0) is 24.7. The van der Waals surface area contributed by atoms with Crippen molar-refractivity contribution in [2.24, 2.45) is 0 Å². The van der Waals surface area contributed by atoms with Crippen molar-refractivity contribution in [2.45, 2.75) is 122 Å². The van der Waals surface area contributed by atoms with Crippen molar-refractivity contribution >= 4 is 7.82 Å². The second-order valence-electron chi connectivity index (χ2n) is 10.5. The first-order valence-corrected chi connectivity index (χ1v) is 15.3. The molecule has 33 heavy (non-hydrogen) atoms. The summed E-state index contributed by atoms with van der Waals surface area (Å²) in [5.41, 5.74) is 0. The van der Waals surface area contributed by atoms with Gasteiger partial charge in [-0.05, 0) is 32.1 Å². The molecule has 6 heteroatoms. The van der Waals surface area contributed by atoms with Crippen molar-refractivity contribution in [3.05, 3.63) is 12.2 Å². The molecule has 0 heterocycles. The van der Waals surface area contributed by atoms with Crippen molar-refractivity contribution in [2.75, 3.05) is 40.9 Å². The molecule has 1 atom stereocenters. The number of phosphoric acid groups is 1. The van der Waals surface area contributed by atoms with Crippen LogP contribution in [0.5, 0.6) is 0 Å². The van der Waals surface area contributed by atoms with Gasteiger partial charge in [0.1, 0.15) is 13.2 Å². The van der Waals surface area contributed by atoms with Gasteiger partial charge in [0.2, 0.25) is 0 Å². The summed E-state index contributed by atoms with van der Waals surface area (Å²) in [6.45, 7) is 3.47. The third-order valence-electron chi connectivity index (χ3n) is 5.93. The van der Waals surface area contributed by atoms with Crippen LogP contribution in [0, 0.1) is 0 Å². The van der Waals surface area contributed by atoms with Crippen LogP contribution in [0.1, 0.15) is 122 Å². The minimum absolute atomic E-state index is 0.229. The predicted molar refractivity (Wildman–Crippen MR) is 143 cm³/mol. The van der Waals surface area contributed by atoms with E-state index < -0.39 is 7.82 Å². The lowest BCUT2D eigenvalue weighted by atomic mass is 10.1. The normalized spacial score (nSPS) is 14.2. The third kappa shape index (κ3) is 27.9. The van der Waals surface area contributed by atoms with Crippen LogP contribution in [-0.4, -0.2) is 50.3 Å². The van der Waals surface area contributed by atoms with E-state index in [1.54, 1.807) is 0 Å². The highest BCUT2D eigenvalue weighted by molar-refractivity contribution is 7.47. The zero-order valence-corrected chi connectivity index (χ0v) is 23.5. The highest BCUT2D eigenvalue weighted by Crippen LogP contribution is 2.43. The first-order valence-electron chi connectivity index (χ1n) is 13.8. The predicted octanol–water partition coefficient (Wildman–Crippen LogP) is 8.42. The van der Waals surface area contributed by atoms with E-state index in [4.69, 9.17) is 9.05 Å². The molecule has 0 saturated carbocycles. The Morgan fingerprint density at radius 2 is 1.03 bits per heavy atom. The Hall–Kier alpha value is -0.190. The summed E-state index contributed by atoms with van der Waals surface area (Å²) in [4.78, 5) is 9.67. The molecule has 0 aromatic rings. The van der Waals surface area contributed by atoms with Gasteiger partial charge in [0.05, 0.1) is 27.7 Å². The fourth-order valence-electron chi connectivity index (χ4n) is 3.70. The standard InChI is InChI=1S/C27H56NO4P/c1-5-6-7-8-9-10-11-12-13-14-15-16-17-18-19-20-21-22-23-24-26-31-33(29,30)32-27-25-28(2,3)4/h12-13H,5-11,14-27H2,1-4H3/p+1/b13-12-. The number of rotatable bonds is 25. The van der Waals surface area contributed by atoms with Gasteiger partial charge in [-0.25, -0.2) is 4.57 Å². The van der Waals surface area contributed by atoms with Crippen LogP contribution < -0.4 is 0 Å². The van der Waals surface area contributed by atoms with Gasteiger partial charge in [0.25, 0.3) is 0 Å². The van der Waals surface area contributed by atoms with Gasteiger partial charge in [-0.1, -0.05) is 103 Å². The van der Waals surface area contributed by atoms with Gasteiger partial charge in [0.15, 0.2) is 0 Å². The fourth-order valence-corrected chi connectivity index (χ4v) is 4.45. The molecule has 0 amide bonds. The molecule has 0 radical (unpaired) electrons. The van der Waals surface area contributed by atoms with E-state index in [-0.39, 0.29) is 6.61 Å². The molecule has 5 nitrogen and oxygen atoms in total. The maximum atomic E-state index is 11.8. The Labute approximate surface area is 206 Å². The molecule has 0 aliphatic carbocycles. The van der Waals surface area contributed by atoms with E-state index in [2.05, 4.69) is 19.1 Å². The van der Waals surface area contributed by atoms with E-state index in [1.807, 2.05) is 21.1 Å². The van der Waals surface area contributed by atoms with Crippen molar-refractivity contribution < 1.29 is 23.0 Å². The van der Waals surface area contributed by atoms with Crippen molar-refractivity contribution in [3.63, 3.8) is 0 Å². The molecule has 0 aromatic heterocycles. The molecule has 0 saturated heterocycles. The van der Waals surface area contributed by atoms with E-state index in [0.717, 1.165) is 12.8 Å². The van der Waals surface area contributed by atoms with Crippen molar-refractivity contribution in [3.8, 4) is 0 Å². The first kappa shape index (κ1) is 32.8. The number of quaternary nitrogens is 1. The molecular formula is C27H57NO4P+. The number of nitrogens with zero attached hydrogens (tertiary/aromatic N) is 1. The van der Waals surface area contributed by atoms with E-state index >= 15 is 0 Å². The number of hydrogen-bond acceptors (Lipinski definition) is 3. The number of unbranched alkanes of at least 4 members (excludes halogenated alkanes) is 16. The third-order valence-corrected chi connectivity index (χ3v) is 6.94. The van der Waals surface area contributed by atoms with Gasteiger partial charge in [-0.2, -0.15) is 0 Å². The average molecular weight is 491 g/mol. The topological polar surface area (TPSA) is 55.8 Å². The smallest absolute Gasteiger partial charge is 0.329 e. The lowest BCUT2D eigenvalue weighted by molar-refractivity contribution is -0.870. The van der Waals surface area contributed by atoms with Crippen LogP contribution in [0.15, 0.2) is 12.2 Å². The minimum atomic E-state index is -3.89. The molecule has 0 rings (SSSR count). The second-order valence-corrected chi connectivity index (χ2v) is 12.0. The van der Waals surface area contributed by atoms with Crippen molar-refractivity contribution in [1.82, 2.24) is 0 Å². The molecule has 0 aliphatic heterocycles. The van der Waals surface area contributed by atoms with Crippen LogP contribution in [-0.2, 0) is 13.6 Å². The van der Waals surface area contributed by atoms with Crippen LogP contribution in [0.25, 0.3) is 0 Å². The monoisotopic (exact) mass is 490 g/mol. The average Bonchev–Trinajstić information content (AvgIpc) is 2.73. The molecule has 0 aromatic carbocycles. The number of phosphoric ester groups is 1. The largest absolute Gasteiger partial charge is 0.472 e. The summed E-state index contributed by atoms with van der Waals surface area (Å²) in [7, 11) is 2.16. The molecular weight excluding hydrogens is 433 g/mol. The summed E-state index contributed by atoms with van der Waals surface area (Å²) in [6.07, 6.45) is 27.9. The fraction of sp³-hybridized carbons (Fsp3) is 0.926. The zero-order valence-electron chi connectivity index (χ0n) is 22.6. The number of allylic oxidation sites excluding steroid dienone is 2. The van der Waals surface area contributed by atoms with Gasteiger partial charge >= 0.3 is 7.82 Å². The maximum absolute atomic E-state index is 11.8. The van der Waals surface area contributed by atoms with Crippen LogP contribution in [0.3, 0.4) is 0 Å². The molecule has 1 N–H and O–H groups in total. The Balaban J connectivity index is 3.29. The Kier molecular flexibility index (Phi) is 22.2. The minimum Gasteiger partial charge on any atom is -0.329 e. The highest BCUT2D eigenvalue weighted by Gasteiger charge is 2.21. The van der Waals surface area contributed by atoms with Gasteiger partial charge in [0, 0.05) is 0 Å². The Bertz CT molecular complexity index is 491. The highest BCUT2D eigenvalue weighted by atomic mass is 31.2. The van der Waals surface area contributed by atoms with Crippen LogP contribution >= 0.6 is 7.82 Å². The van der Waals surface area contributed by atoms with E-state index in [1.165, 1.54) is 103 Å². The molecule has 0 fully saturated rings. The van der Waals surface area contributed by atoms with Crippen molar-refractivity contribution in [1.29, 1.82) is 0 Å². The van der Waals surface area contributed by atoms with Crippen LogP contribution in [0.2, 0.25) is 0 Å². The number of hydrogen-bond donors (Lipinski definition) is 1. The molecule has 0 aliphatic rings. The van der Waals surface area contributed by atoms with Gasteiger partial charge in [-0.15, -0.1) is 0 Å². The first-order chi connectivity index (χ1) is 15.8. The Morgan fingerprint density at radius 3 is 1.48 bits per heavy atom. The summed E-state index contributed by atoms with van der Waals surface area (Å²) >= 11 is 0. The number of likely N-dealkylation sites (N-methyl/N-ethyl adjacent to an activating group) is 1. The molecule has 1 unspecified atom stereocenters. The summed E-state index contributed by atoms with van der Waals surface area (Å²) in [6, 6.07) is 0. The summed E-state index contributed by atoms with van der Waals surface area (Å²) in [5, 5.41) is 0. The molecule has 198 valence electrons. The lowest BCUT2D eigenvalue weighted by Crippen LogP contribution is -2.37. The van der Waals surface area contributed by atoms with Gasteiger partial charge < -0.3 is 9.38 Å². The van der Waals surface area contributed by atoms with E-state index in [0.29, 0.717) is 17.6 Å². The van der Waals surface area contributed by atoms with E-state index in [9.17, 15) is 9.46 Å². The maximum Gasteiger partial charge on any atom is 0.472 e. The molecule has 0 spiro atoms. The summed E-state index contributed by atoms with van der Waals surface area (Å²) in [5.74, 6) is 0. The van der Waals surface area contributed by atoms with Gasteiger partial charge in [-0.3, -0.25) is 9.05 Å².